The Balaban J connectivity index is 2.65. The van der Waals surface area contributed by atoms with E-state index in [0.29, 0.717) is 15.8 Å². The Bertz CT molecular complexity index is 666. The maximum absolute atomic E-state index is 12.3. The molecule has 7 heteroatoms. The molecule has 0 N–H and O–H groups in total. The standard InChI is InChI=1S/C11H11BrN2O3S/c1-8-6-9(12)10(17-2)7-11(8)18(15,16)14-5-3-4-13-14/h3-7H,1-2H3. The van der Waals surface area contributed by atoms with Crippen molar-refractivity contribution in [1.82, 2.24) is 9.19 Å². The molecule has 1 aromatic carbocycles. The average molecular weight is 331 g/mol. The maximum Gasteiger partial charge on any atom is 0.283 e. The number of hydrogen-bond donors (Lipinski definition) is 0. The zero-order valence-corrected chi connectivity index (χ0v) is 12.2. The minimum atomic E-state index is -3.67. The number of methoxy groups -OCH3 is 1. The molecular weight excluding hydrogens is 320 g/mol. The van der Waals surface area contributed by atoms with Crippen LogP contribution >= 0.6 is 15.9 Å². The van der Waals surface area contributed by atoms with Gasteiger partial charge in [0.15, 0.2) is 0 Å². The van der Waals surface area contributed by atoms with Crippen LogP contribution in [0, 0.1) is 6.92 Å². The highest BCUT2D eigenvalue weighted by Gasteiger charge is 2.21. The third-order valence-electron chi connectivity index (χ3n) is 2.45. The second-order valence-electron chi connectivity index (χ2n) is 3.64. The van der Waals surface area contributed by atoms with Gasteiger partial charge >= 0.3 is 0 Å². The van der Waals surface area contributed by atoms with Crippen molar-refractivity contribution in [2.24, 2.45) is 0 Å². The zero-order valence-electron chi connectivity index (χ0n) is 9.79. The minimum absolute atomic E-state index is 0.172. The number of hydrogen-bond acceptors (Lipinski definition) is 4. The van der Waals surface area contributed by atoms with Gasteiger partial charge in [0.05, 0.1) is 22.7 Å². The highest BCUT2D eigenvalue weighted by molar-refractivity contribution is 9.10. The molecular formula is C11H11BrN2O3S. The van der Waals surface area contributed by atoms with E-state index in [1.807, 2.05) is 0 Å². The quantitative estimate of drug-likeness (QED) is 0.865. The van der Waals surface area contributed by atoms with Crippen LogP contribution in [0.4, 0.5) is 0 Å². The molecule has 0 unspecified atom stereocenters. The fourth-order valence-corrected chi connectivity index (χ4v) is 3.52. The molecule has 0 bridgehead atoms. The molecule has 5 nitrogen and oxygen atoms in total. The summed E-state index contributed by atoms with van der Waals surface area (Å²) < 4.78 is 31.4. The predicted octanol–water partition coefficient (Wildman–Crippen LogP) is 2.20. The van der Waals surface area contributed by atoms with E-state index in [0.717, 1.165) is 4.09 Å². The highest BCUT2D eigenvalue weighted by Crippen LogP contribution is 2.31. The number of ether oxygens (including phenoxy) is 1. The fraction of sp³-hybridized carbons (Fsp3) is 0.182. The van der Waals surface area contributed by atoms with Crippen LogP contribution in [0.5, 0.6) is 5.75 Å². The summed E-state index contributed by atoms with van der Waals surface area (Å²) in [5.74, 6) is 0.464. The number of aromatic nitrogens is 2. The molecule has 0 radical (unpaired) electrons. The Morgan fingerprint density at radius 2 is 2.11 bits per heavy atom. The van der Waals surface area contributed by atoms with Gasteiger partial charge in [0.2, 0.25) is 0 Å². The van der Waals surface area contributed by atoms with E-state index in [9.17, 15) is 8.42 Å². The van der Waals surface area contributed by atoms with Gasteiger partial charge in [-0.1, -0.05) is 0 Å². The van der Waals surface area contributed by atoms with Gasteiger partial charge in [-0.2, -0.15) is 17.6 Å². The Kier molecular flexibility index (Phi) is 3.45. The summed E-state index contributed by atoms with van der Waals surface area (Å²) in [6.45, 7) is 1.72. The fourth-order valence-electron chi connectivity index (χ4n) is 1.57. The number of nitrogens with zero attached hydrogens (tertiary/aromatic N) is 2. The van der Waals surface area contributed by atoms with Crippen molar-refractivity contribution in [1.29, 1.82) is 0 Å². The second-order valence-corrected chi connectivity index (χ2v) is 6.25. The first kappa shape index (κ1) is 13.1. The molecule has 0 fully saturated rings. The van der Waals surface area contributed by atoms with Gasteiger partial charge in [-0.05, 0) is 40.5 Å². The molecule has 1 aromatic heterocycles. The summed E-state index contributed by atoms with van der Waals surface area (Å²) in [5.41, 5.74) is 0.623. The van der Waals surface area contributed by atoms with Gasteiger partial charge in [0.1, 0.15) is 5.75 Å². The van der Waals surface area contributed by atoms with Crippen LogP contribution in [-0.2, 0) is 10.0 Å². The van der Waals surface area contributed by atoms with Gasteiger partial charge in [-0.3, -0.25) is 0 Å². The van der Waals surface area contributed by atoms with Crippen molar-refractivity contribution in [3.8, 4) is 5.75 Å². The van der Waals surface area contributed by atoms with Crippen molar-refractivity contribution < 1.29 is 13.2 Å². The Labute approximate surface area is 114 Å². The van der Waals surface area contributed by atoms with Crippen LogP contribution in [-0.4, -0.2) is 24.7 Å². The molecule has 0 saturated heterocycles. The Hall–Kier alpha value is -1.34. The molecule has 0 aliphatic carbocycles. The van der Waals surface area contributed by atoms with E-state index in [-0.39, 0.29) is 4.90 Å². The maximum atomic E-state index is 12.3. The second kappa shape index (κ2) is 4.74. The SMILES string of the molecule is COc1cc(S(=O)(=O)n2cccn2)c(C)cc1Br. The third-order valence-corrected chi connectivity index (χ3v) is 4.78. The molecule has 0 amide bonds. The van der Waals surface area contributed by atoms with Crippen LogP contribution in [0.1, 0.15) is 5.56 Å². The molecule has 0 aliphatic heterocycles. The molecule has 2 rings (SSSR count). The first-order chi connectivity index (χ1) is 8.46. The van der Waals surface area contributed by atoms with E-state index >= 15 is 0 Å². The molecule has 0 aliphatic rings. The third kappa shape index (κ3) is 2.15. The number of halogens is 1. The van der Waals surface area contributed by atoms with E-state index in [1.165, 1.54) is 25.6 Å². The van der Waals surface area contributed by atoms with Gasteiger partial charge in [0, 0.05) is 12.3 Å². The van der Waals surface area contributed by atoms with E-state index < -0.39 is 10.0 Å². The number of rotatable bonds is 3. The van der Waals surface area contributed by atoms with Gasteiger partial charge in [-0.15, -0.1) is 0 Å². The first-order valence-electron chi connectivity index (χ1n) is 5.06. The highest BCUT2D eigenvalue weighted by atomic mass is 79.9. The number of benzene rings is 1. The molecule has 18 heavy (non-hydrogen) atoms. The first-order valence-corrected chi connectivity index (χ1v) is 7.29. The minimum Gasteiger partial charge on any atom is -0.496 e. The van der Waals surface area contributed by atoms with Crippen molar-refractivity contribution >= 4 is 26.0 Å². The van der Waals surface area contributed by atoms with E-state index in [1.54, 1.807) is 19.1 Å². The lowest BCUT2D eigenvalue weighted by Crippen LogP contribution is -2.14. The Morgan fingerprint density at radius 1 is 1.39 bits per heavy atom. The average Bonchev–Trinajstić information content (AvgIpc) is 2.82. The van der Waals surface area contributed by atoms with Crippen LogP contribution in [0.2, 0.25) is 0 Å². The summed E-state index contributed by atoms with van der Waals surface area (Å²) in [6, 6.07) is 4.74. The van der Waals surface area contributed by atoms with Gasteiger partial charge in [0.25, 0.3) is 10.0 Å². The van der Waals surface area contributed by atoms with Gasteiger partial charge in [-0.25, -0.2) is 0 Å². The molecule has 0 saturated carbocycles. The van der Waals surface area contributed by atoms with Crippen LogP contribution in [0.25, 0.3) is 0 Å². The normalized spacial score (nSPS) is 11.5. The van der Waals surface area contributed by atoms with Crippen molar-refractivity contribution in [3.63, 3.8) is 0 Å². The smallest absolute Gasteiger partial charge is 0.283 e. The van der Waals surface area contributed by atoms with Crippen molar-refractivity contribution in [3.05, 3.63) is 40.6 Å². The molecule has 0 atom stereocenters. The van der Waals surface area contributed by atoms with Crippen LogP contribution in [0.15, 0.2) is 40.0 Å². The van der Waals surface area contributed by atoms with Crippen LogP contribution in [0.3, 0.4) is 0 Å². The van der Waals surface area contributed by atoms with E-state index in [4.69, 9.17) is 4.74 Å². The number of aryl methyl sites for hydroxylation is 1. The predicted molar refractivity (Wildman–Crippen MR) is 70.2 cm³/mol. The van der Waals surface area contributed by atoms with Crippen molar-refractivity contribution in [2.75, 3.05) is 7.11 Å². The molecule has 2 aromatic rings. The topological polar surface area (TPSA) is 61.2 Å². The van der Waals surface area contributed by atoms with Crippen LogP contribution < -0.4 is 4.74 Å². The molecule has 0 spiro atoms. The summed E-state index contributed by atoms with van der Waals surface area (Å²) in [4.78, 5) is 0.172. The largest absolute Gasteiger partial charge is 0.496 e. The zero-order chi connectivity index (χ0) is 13.3. The summed E-state index contributed by atoms with van der Waals surface area (Å²) in [6.07, 6.45) is 2.81. The van der Waals surface area contributed by atoms with Crippen molar-refractivity contribution in [2.45, 2.75) is 11.8 Å². The molecule has 96 valence electrons. The lowest BCUT2D eigenvalue weighted by atomic mass is 10.2. The lowest BCUT2D eigenvalue weighted by molar-refractivity contribution is 0.410. The van der Waals surface area contributed by atoms with E-state index in [2.05, 4.69) is 21.0 Å². The summed E-state index contributed by atoms with van der Waals surface area (Å²) >= 11 is 3.31. The lowest BCUT2D eigenvalue weighted by Gasteiger charge is -2.11. The summed E-state index contributed by atoms with van der Waals surface area (Å²) in [5, 5.41) is 3.76. The van der Waals surface area contributed by atoms with Gasteiger partial charge < -0.3 is 4.74 Å². The summed E-state index contributed by atoms with van der Waals surface area (Å²) in [7, 11) is -2.19. The Morgan fingerprint density at radius 3 is 2.67 bits per heavy atom. The monoisotopic (exact) mass is 330 g/mol. The molecule has 1 heterocycles.